The molecule has 0 aliphatic heterocycles. The van der Waals surface area contributed by atoms with Crippen molar-refractivity contribution in [1.82, 2.24) is 0 Å². The van der Waals surface area contributed by atoms with Crippen molar-refractivity contribution in [2.45, 2.75) is 38.4 Å². The minimum atomic E-state index is -1.01. The van der Waals surface area contributed by atoms with Gasteiger partial charge in [-0.15, -0.1) is 0 Å². The van der Waals surface area contributed by atoms with Crippen LogP contribution in [0.3, 0.4) is 0 Å². The van der Waals surface area contributed by atoms with Crippen molar-refractivity contribution in [3.8, 4) is 5.75 Å². The quantitative estimate of drug-likeness (QED) is 0.859. The Morgan fingerprint density at radius 3 is 2.67 bits per heavy atom. The van der Waals surface area contributed by atoms with Crippen molar-refractivity contribution in [2.75, 3.05) is 0 Å². The molecule has 0 aromatic heterocycles. The molecule has 4 nitrogen and oxygen atoms in total. The SMILES string of the molecule is CC(C)Oc1cccc(C2(O)CC(C(=O)O)C2)c1. The Kier molecular flexibility index (Phi) is 3.30. The lowest BCUT2D eigenvalue weighted by Crippen LogP contribution is -2.44. The van der Waals surface area contributed by atoms with Crippen LogP contribution in [0, 0.1) is 5.92 Å². The zero-order valence-electron chi connectivity index (χ0n) is 10.6. The molecule has 1 fully saturated rings. The van der Waals surface area contributed by atoms with Crippen molar-refractivity contribution in [1.29, 1.82) is 0 Å². The number of carbonyl (C=O) groups is 1. The van der Waals surface area contributed by atoms with Gasteiger partial charge in [0.05, 0.1) is 17.6 Å². The van der Waals surface area contributed by atoms with Gasteiger partial charge in [0.2, 0.25) is 0 Å². The fourth-order valence-electron chi connectivity index (χ4n) is 2.30. The molecule has 1 aliphatic rings. The molecule has 18 heavy (non-hydrogen) atoms. The Morgan fingerprint density at radius 2 is 2.11 bits per heavy atom. The van der Waals surface area contributed by atoms with Gasteiger partial charge in [0.1, 0.15) is 5.75 Å². The molecule has 0 saturated heterocycles. The lowest BCUT2D eigenvalue weighted by Gasteiger charge is -2.42. The average molecular weight is 250 g/mol. The van der Waals surface area contributed by atoms with Gasteiger partial charge < -0.3 is 14.9 Å². The summed E-state index contributed by atoms with van der Waals surface area (Å²) in [4.78, 5) is 10.8. The van der Waals surface area contributed by atoms with Crippen molar-refractivity contribution in [2.24, 2.45) is 5.92 Å². The van der Waals surface area contributed by atoms with Crippen LogP contribution < -0.4 is 4.74 Å². The molecule has 0 radical (unpaired) electrons. The molecule has 0 unspecified atom stereocenters. The van der Waals surface area contributed by atoms with E-state index < -0.39 is 17.5 Å². The van der Waals surface area contributed by atoms with Gasteiger partial charge in [-0.3, -0.25) is 4.79 Å². The van der Waals surface area contributed by atoms with Crippen LogP contribution in [0.4, 0.5) is 0 Å². The Hall–Kier alpha value is -1.55. The molecule has 1 aromatic carbocycles. The van der Waals surface area contributed by atoms with Crippen molar-refractivity contribution < 1.29 is 19.7 Å². The number of ether oxygens (including phenoxy) is 1. The van der Waals surface area contributed by atoms with E-state index >= 15 is 0 Å². The first kappa shape index (κ1) is 12.9. The molecule has 1 aliphatic carbocycles. The van der Waals surface area contributed by atoms with Crippen LogP contribution in [-0.4, -0.2) is 22.3 Å². The zero-order valence-corrected chi connectivity index (χ0v) is 10.6. The summed E-state index contributed by atoms with van der Waals surface area (Å²) >= 11 is 0. The maximum absolute atomic E-state index is 10.8. The Balaban J connectivity index is 2.12. The molecule has 0 heterocycles. The van der Waals surface area contributed by atoms with Crippen LogP contribution in [0.5, 0.6) is 5.75 Å². The van der Waals surface area contributed by atoms with E-state index in [0.29, 0.717) is 5.75 Å². The maximum Gasteiger partial charge on any atom is 0.306 e. The smallest absolute Gasteiger partial charge is 0.306 e. The predicted molar refractivity (Wildman–Crippen MR) is 66.5 cm³/mol. The molecule has 0 bridgehead atoms. The minimum absolute atomic E-state index is 0.0723. The summed E-state index contributed by atoms with van der Waals surface area (Å²) in [5.74, 6) is -0.575. The highest BCUT2D eigenvalue weighted by Crippen LogP contribution is 2.46. The van der Waals surface area contributed by atoms with Crippen LogP contribution >= 0.6 is 0 Å². The Labute approximate surface area is 106 Å². The third-order valence-electron chi connectivity index (χ3n) is 3.26. The number of benzene rings is 1. The van der Waals surface area contributed by atoms with Crippen molar-refractivity contribution in [3.63, 3.8) is 0 Å². The Morgan fingerprint density at radius 1 is 1.44 bits per heavy atom. The minimum Gasteiger partial charge on any atom is -0.491 e. The largest absolute Gasteiger partial charge is 0.491 e. The number of carboxylic acids is 1. The summed E-state index contributed by atoms with van der Waals surface area (Å²) in [5, 5.41) is 19.2. The van der Waals surface area contributed by atoms with E-state index in [1.54, 1.807) is 6.07 Å². The van der Waals surface area contributed by atoms with Crippen molar-refractivity contribution >= 4 is 5.97 Å². The highest BCUT2D eigenvalue weighted by atomic mass is 16.5. The molecule has 0 spiro atoms. The average Bonchev–Trinajstić information content (AvgIpc) is 2.24. The van der Waals surface area contributed by atoms with E-state index in [-0.39, 0.29) is 18.9 Å². The molecular formula is C14H18O4. The van der Waals surface area contributed by atoms with Gasteiger partial charge in [-0.25, -0.2) is 0 Å². The number of hydrogen-bond acceptors (Lipinski definition) is 3. The van der Waals surface area contributed by atoms with Gasteiger partial charge in [-0.1, -0.05) is 12.1 Å². The number of hydrogen-bond donors (Lipinski definition) is 2. The monoisotopic (exact) mass is 250 g/mol. The molecular weight excluding hydrogens is 232 g/mol. The molecule has 0 amide bonds. The van der Waals surface area contributed by atoms with E-state index in [2.05, 4.69) is 0 Å². The van der Waals surface area contributed by atoms with Gasteiger partial charge >= 0.3 is 5.97 Å². The highest BCUT2D eigenvalue weighted by Gasteiger charge is 2.47. The highest BCUT2D eigenvalue weighted by molar-refractivity contribution is 5.72. The number of aliphatic carboxylic acids is 1. The number of carboxylic acid groups (broad SMARTS) is 1. The van der Waals surface area contributed by atoms with Crippen LogP contribution in [0.15, 0.2) is 24.3 Å². The molecule has 1 aromatic rings. The first-order valence-corrected chi connectivity index (χ1v) is 6.13. The van der Waals surface area contributed by atoms with E-state index in [0.717, 1.165) is 5.56 Å². The number of aliphatic hydroxyl groups is 1. The molecule has 0 atom stereocenters. The molecule has 4 heteroatoms. The van der Waals surface area contributed by atoms with Gasteiger partial charge in [0.15, 0.2) is 0 Å². The van der Waals surface area contributed by atoms with Crippen LogP contribution in [-0.2, 0) is 10.4 Å². The fourth-order valence-corrected chi connectivity index (χ4v) is 2.30. The fraction of sp³-hybridized carbons (Fsp3) is 0.500. The zero-order chi connectivity index (χ0) is 13.3. The summed E-state index contributed by atoms with van der Waals surface area (Å²) < 4.78 is 5.57. The lowest BCUT2D eigenvalue weighted by atomic mass is 9.67. The first-order chi connectivity index (χ1) is 8.40. The summed E-state index contributed by atoms with van der Waals surface area (Å²) in [7, 11) is 0. The molecule has 2 rings (SSSR count). The summed E-state index contributed by atoms with van der Waals surface area (Å²) in [5.41, 5.74) is -0.280. The second-order valence-corrected chi connectivity index (χ2v) is 5.17. The second-order valence-electron chi connectivity index (χ2n) is 5.17. The topological polar surface area (TPSA) is 66.8 Å². The van der Waals surface area contributed by atoms with E-state index in [1.807, 2.05) is 32.0 Å². The van der Waals surface area contributed by atoms with Crippen molar-refractivity contribution in [3.05, 3.63) is 29.8 Å². The predicted octanol–water partition coefficient (Wildman–Crippen LogP) is 2.16. The van der Waals surface area contributed by atoms with Gasteiger partial charge in [0, 0.05) is 0 Å². The maximum atomic E-state index is 10.8. The van der Waals surface area contributed by atoms with E-state index in [4.69, 9.17) is 9.84 Å². The van der Waals surface area contributed by atoms with Crippen LogP contribution in [0.2, 0.25) is 0 Å². The number of rotatable bonds is 4. The molecule has 2 N–H and O–H groups in total. The van der Waals surface area contributed by atoms with Gasteiger partial charge in [0.25, 0.3) is 0 Å². The van der Waals surface area contributed by atoms with Crippen LogP contribution in [0.25, 0.3) is 0 Å². The molecule has 98 valence electrons. The summed E-state index contributed by atoms with van der Waals surface area (Å²) in [6.07, 6.45) is 0.615. The first-order valence-electron chi connectivity index (χ1n) is 6.13. The standard InChI is InChI=1S/C14H18O4/c1-9(2)18-12-5-3-4-11(6-12)14(17)7-10(8-14)13(15)16/h3-6,9-10,17H,7-8H2,1-2H3,(H,15,16). The van der Waals surface area contributed by atoms with E-state index in [9.17, 15) is 9.90 Å². The third-order valence-corrected chi connectivity index (χ3v) is 3.26. The molecule has 1 saturated carbocycles. The third kappa shape index (κ3) is 2.48. The normalized spacial score (nSPS) is 26.8. The Bertz CT molecular complexity index is 447. The second kappa shape index (κ2) is 4.61. The van der Waals surface area contributed by atoms with Gasteiger partial charge in [-0.2, -0.15) is 0 Å². The summed E-state index contributed by atoms with van der Waals surface area (Å²) in [6, 6.07) is 7.25. The van der Waals surface area contributed by atoms with E-state index in [1.165, 1.54) is 0 Å². The van der Waals surface area contributed by atoms with Crippen LogP contribution in [0.1, 0.15) is 32.3 Å². The lowest BCUT2D eigenvalue weighted by molar-refractivity contribution is -0.159. The summed E-state index contributed by atoms with van der Waals surface area (Å²) in [6.45, 7) is 3.87. The van der Waals surface area contributed by atoms with Gasteiger partial charge in [-0.05, 0) is 44.4 Å².